The van der Waals surface area contributed by atoms with Crippen LogP contribution in [0.25, 0.3) is 0 Å². The Morgan fingerprint density at radius 3 is 2.55 bits per heavy atom. The van der Waals surface area contributed by atoms with Gasteiger partial charge in [0.2, 0.25) is 10.0 Å². The number of methoxy groups -OCH3 is 1. The van der Waals surface area contributed by atoms with E-state index in [1.54, 1.807) is 13.8 Å². The highest BCUT2D eigenvalue weighted by atomic mass is 32.2. The number of ether oxygens (including phenoxy) is 1. The zero-order valence-electron chi connectivity index (χ0n) is 13.3. The van der Waals surface area contributed by atoms with Crippen LogP contribution >= 0.6 is 0 Å². The van der Waals surface area contributed by atoms with Crippen molar-refractivity contribution >= 4 is 16.0 Å². The molecule has 0 amide bonds. The van der Waals surface area contributed by atoms with E-state index in [1.807, 2.05) is 6.92 Å². The molecule has 1 unspecified atom stereocenters. The standard InChI is InChI=1S/C14H22N2O5S/c1-9(7-12-10(2)15-21-11(12)3)16-22(18,19)8-14(5-6-14)13(17)20-4/h9,16H,5-8H2,1-4H3. The predicted octanol–water partition coefficient (Wildman–Crippen LogP) is 1.10. The first-order valence-corrected chi connectivity index (χ1v) is 8.84. The van der Waals surface area contributed by atoms with Gasteiger partial charge in [0.15, 0.2) is 0 Å². The Morgan fingerprint density at radius 2 is 2.09 bits per heavy atom. The monoisotopic (exact) mass is 330 g/mol. The van der Waals surface area contributed by atoms with Crippen molar-refractivity contribution in [1.82, 2.24) is 9.88 Å². The number of carbonyl (C=O) groups excluding carboxylic acids is 1. The molecule has 0 saturated heterocycles. The number of rotatable bonds is 7. The minimum Gasteiger partial charge on any atom is -0.469 e. The number of carbonyl (C=O) groups is 1. The second-order valence-corrected chi connectivity index (χ2v) is 7.81. The van der Waals surface area contributed by atoms with Gasteiger partial charge in [-0.05, 0) is 40.0 Å². The number of esters is 1. The zero-order chi connectivity index (χ0) is 16.5. The summed E-state index contributed by atoms with van der Waals surface area (Å²) in [6.45, 7) is 5.40. The van der Waals surface area contributed by atoms with Crippen LogP contribution in [-0.2, 0) is 26.0 Å². The number of nitrogens with zero attached hydrogens (tertiary/aromatic N) is 1. The minimum absolute atomic E-state index is 0.224. The SMILES string of the molecule is COC(=O)C1(CS(=O)(=O)NC(C)Cc2c(C)noc2C)CC1. The van der Waals surface area contributed by atoms with E-state index in [1.165, 1.54) is 7.11 Å². The molecule has 124 valence electrons. The van der Waals surface area contributed by atoms with E-state index < -0.39 is 21.4 Å². The lowest BCUT2D eigenvalue weighted by Gasteiger charge is -2.17. The molecule has 1 aromatic heterocycles. The Kier molecular flexibility index (Phi) is 4.62. The number of hydrogen-bond acceptors (Lipinski definition) is 6. The average molecular weight is 330 g/mol. The van der Waals surface area contributed by atoms with Crippen LogP contribution in [-0.4, -0.2) is 38.4 Å². The first kappa shape index (κ1) is 17.0. The van der Waals surface area contributed by atoms with Crippen LogP contribution in [0.3, 0.4) is 0 Å². The van der Waals surface area contributed by atoms with Crippen molar-refractivity contribution in [1.29, 1.82) is 0 Å². The van der Waals surface area contributed by atoms with Gasteiger partial charge in [0, 0.05) is 11.6 Å². The van der Waals surface area contributed by atoms with Crippen LogP contribution in [0, 0.1) is 19.3 Å². The van der Waals surface area contributed by atoms with Crippen molar-refractivity contribution in [3.63, 3.8) is 0 Å². The molecule has 8 heteroatoms. The van der Waals surface area contributed by atoms with E-state index in [2.05, 4.69) is 9.88 Å². The molecule has 0 aliphatic heterocycles. The summed E-state index contributed by atoms with van der Waals surface area (Å²) in [5, 5.41) is 3.86. The molecule has 22 heavy (non-hydrogen) atoms. The third-order valence-electron chi connectivity index (χ3n) is 4.01. The first-order chi connectivity index (χ1) is 10.2. The van der Waals surface area contributed by atoms with Gasteiger partial charge in [0.05, 0.1) is 24.0 Å². The second-order valence-electron chi connectivity index (χ2n) is 6.06. The molecule has 1 aromatic rings. The molecule has 2 rings (SSSR count). The molecule has 1 saturated carbocycles. The van der Waals surface area contributed by atoms with E-state index in [9.17, 15) is 13.2 Å². The molecule has 7 nitrogen and oxygen atoms in total. The minimum atomic E-state index is -3.56. The summed E-state index contributed by atoms with van der Waals surface area (Å²) in [6, 6.07) is -0.310. The summed E-state index contributed by atoms with van der Waals surface area (Å²) in [5.41, 5.74) is 0.810. The summed E-state index contributed by atoms with van der Waals surface area (Å²) in [7, 11) is -2.28. The van der Waals surface area contributed by atoms with Crippen LogP contribution in [0.2, 0.25) is 0 Å². The summed E-state index contributed by atoms with van der Waals surface area (Å²) in [6.07, 6.45) is 1.60. The molecular weight excluding hydrogens is 308 g/mol. The third-order valence-corrected chi connectivity index (χ3v) is 5.70. The van der Waals surface area contributed by atoms with Crippen molar-refractivity contribution < 1.29 is 22.5 Å². The molecule has 0 bridgehead atoms. The molecule has 0 spiro atoms. The molecular formula is C14H22N2O5S. The highest BCUT2D eigenvalue weighted by Crippen LogP contribution is 2.47. The van der Waals surface area contributed by atoms with E-state index in [0.717, 1.165) is 11.3 Å². The van der Waals surface area contributed by atoms with Gasteiger partial charge >= 0.3 is 5.97 Å². The topological polar surface area (TPSA) is 98.5 Å². The molecule has 1 aliphatic rings. The van der Waals surface area contributed by atoms with Crippen molar-refractivity contribution in [2.75, 3.05) is 12.9 Å². The molecule has 0 radical (unpaired) electrons. The van der Waals surface area contributed by atoms with E-state index >= 15 is 0 Å². The summed E-state index contributed by atoms with van der Waals surface area (Å²) >= 11 is 0. The highest BCUT2D eigenvalue weighted by molar-refractivity contribution is 7.89. The molecule has 1 N–H and O–H groups in total. The smallest absolute Gasteiger partial charge is 0.312 e. The lowest BCUT2D eigenvalue weighted by molar-refractivity contribution is -0.146. The third kappa shape index (κ3) is 3.67. The van der Waals surface area contributed by atoms with Crippen LogP contribution in [0.15, 0.2) is 4.52 Å². The van der Waals surface area contributed by atoms with Gasteiger partial charge in [-0.15, -0.1) is 0 Å². The van der Waals surface area contributed by atoms with Crippen LogP contribution in [0.1, 0.15) is 36.8 Å². The fraction of sp³-hybridized carbons (Fsp3) is 0.714. The first-order valence-electron chi connectivity index (χ1n) is 7.19. The quantitative estimate of drug-likeness (QED) is 0.752. The molecule has 1 fully saturated rings. The number of hydrogen-bond donors (Lipinski definition) is 1. The van der Waals surface area contributed by atoms with Crippen molar-refractivity contribution in [2.45, 2.75) is 46.1 Å². The van der Waals surface area contributed by atoms with Gasteiger partial charge < -0.3 is 9.26 Å². The van der Waals surface area contributed by atoms with Crippen LogP contribution < -0.4 is 4.72 Å². The molecule has 1 atom stereocenters. The fourth-order valence-electron chi connectivity index (χ4n) is 2.63. The highest BCUT2D eigenvalue weighted by Gasteiger charge is 2.54. The van der Waals surface area contributed by atoms with Crippen molar-refractivity contribution in [3.8, 4) is 0 Å². The normalized spacial score (nSPS) is 18.0. The van der Waals surface area contributed by atoms with Crippen LogP contribution in [0.4, 0.5) is 0 Å². The van der Waals surface area contributed by atoms with Gasteiger partial charge in [0.1, 0.15) is 5.76 Å². The Morgan fingerprint density at radius 1 is 1.45 bits per heavy atom. The average Bonchev–Trinajstić information content (AvgIpc) is 3.13. The fourth-order valence-corrected chi connectivity index (χ4v) is 4.54. The zero-order valence-corrected chi connectivity index (χ0v) is 14.1. The van der Waals surface area contributed by atoms with Gasteiger partial charge in [-0.1, -0.05) is 5.16 Å². The Hall–Kier alpha value is -1.41. The van der Waals surface area contributed by atoms with E-state index in [4.69, 9.17) is 9.26 Å². The maximum atomic E-state index is 12.3. The predicted molar refractivity (Wildman–Crippen MR) is 79.7 cm³/mol. The second kappa shape index (κ2) is 6.00. The molecule has 0 aromatic carbocycles. The van der Waals surface area contributed by atoms with Crippen molar-refractivity contribution in [3.05, 3.63) is 17.0 Å². The number of sulfonamides is 1. The van der Waals surface area contributed by atoms with Gasteiger partial charge in [-0.3, -0.25) is 4.79 Å². The maximum Gasteiger partial charge on any atom is 0.312 e. The molecule has 1 aliphatic carbocycles. The van der Waals surface area contributed by atoms with E-state index in [0.29, 0.717) is 25.0 Å². The Labute approximate surface area is 130 Å². The van der Waals surface area contributed by atoms with Gasteiger partial charge in [0.25, 0.3) is 0 Å². The van der Waals surface area contributed by atoms with Crippen molar-refractivity contribution in [2.24, 2.45) is 5.41 Å². The lowest BCUT2D eigenvalue weighted by Crippen LogP contribution is -2.40. The van der Waals surface area contributed by atoms with Crippen LogP contribution in [0.5, 0.6) is 0 Å². The summed E-state index contributed by atoms with van der Waals surface area (Å²) in [5.74, 6) is 0.0199. The molecule has 1 heterocycles. The lowest BCUT2D eigenvalue weighted by atomic mass is 10.1. The summed E-state index contributed by atoms with van der Waals surface area (Å²) < 4.78 is 36.9. The summed E-state index contributed by atoms with van der Waals surface area (Å²) in [4.78, 5) is 11.7. The maximum absolute atomic E-state index is 12.3. The number of aryl methyl sites for hydroxylation is 2. The largest absolute Gasteiger partial charge is 0.469 e. The number of aromatic nitrogens is 1. The van der Waals surface area contributed by atoms with Gasteiger partial charge in [-0.2, -0.15) is 0 Å². The van der Waals surface area contributed by atoms with Gasteiger partial charge in [-0.25, -0.2) is 13.1 Å². The Balaban J connectivity index is 1.99. The number of nitrogens with one attached hydrogen (secondary N) is 1. The van der Waals surface area contributed by atoms with E-state index in [-0.39, 0.29) is 11.8 Å². The Bertz CT molecular complexity index is 641.